The zero-order valence-electron chi connectivity index (χ0n) is 9.88. The van der Waals surface area contributed by atoms with Gasteiger partial charge in [0.15, 0.2) is 5.75 Å². The number of methoxy groups -OCH3 is 1. The van der Waals surface area contributed by atoms with Gasteiger partial charge in [-0.15, -0.1) is 0 Å². The van der Waals surface area contributed by atoms with Gasteiger partial charge >= 0.3 is 5.97 Å². The first-order chi connectivity index (χ1) is 7.97. The number of ether oxygens (including phenoxy) is 2. The molecule has 0 unspecified atom stereocenters. The number of hydrogen-bond donors (Lipinski definition) is 0. The molecule has 0 rings (SSSR count). The van der Waals surface area contributed by atoms with Crippen molar-refractivity contribution < 1.29 is 22.7 Å². The van der Waals surface area contributed by atoms with Crippen LogP contribution >= 0.6 is 0 Å². The molecule has 0 N–H and O–H groups in total. The molecule has 0 aromatic carbocycles. The van der Waals surface area contributed by atoms with E-state index in [2.05, 4.69) is 4.74 Å². The Balaban J connectivity index is 4.65. The van der Waals surface area contributed by atoms with Gasteiger partial charge in [0.1, 0.15) is 6.54 Å². The lowest BCUT2D eigenvalue weighted by Gasteiger charge is -2.19. The molecule has 0 fully saturated rings. The Morgan fingerprint density at radius 1 is 1.47 bits per heavy atom. The minimum atomic E-state index is -3.77. The smallest absolute Gasteiger partial charge is 0.321 e. The van der Waals surface area contributed by atoms with Crippen molar-refractivity contribution in [1.82, 2.24) is 4.31 Å². The summed E-state index contributed by atoms with van der Waals surface area (Å²) in [6.45, 7) is 1.56. The SMILES string of the molecule is CCOC(=O)CN(CCOC)S(=O)(=O)CC#N. The number of nitriles is 1. The Labute approximate surface area is 101 Å². The molecule has 0 bridgehead atoms. The molecule has 0 aliphatic heterocycles. The van der Waals surface area contributed by atoms with Gasteiger partial charge in [-0.05, 0) is 6.92 Å². The molecule has 17 heavy (non-hydrogen) atoms. The van der Waals surface area contributed by atoms with E-state index in [1.807, 2.05) is 0 Å². The molecule has 0 aliphatic rings. The highest BCUT2D eigenvalue weighted by molar-refractivity contribution is 7.89. The fourth-order valence-electron chi connectivity index (χ4n) is 1.03. The van der Waals surface area contributed by atoms with Gasteiger partial charge in [0.25, 0.3) is 0 Å². The summed E-state index contributed by atoms with van der Waals surface area (Å²) in [6, 6.07) is 1.55. The summed E-state index contributed by atoms with van der Waals surface area (Å²) in [4.78, 5) is 11.2. The van der Waals surface area contributed by atoms with Crippen LogP contribution in [-0.2, 0) is 24.3 Å². The van der Waals surface area contributed by atoms with Gasteiger partial charge in [-0.25, -0.2) is 8.42 Å². The van der Waals surface area contributed by atoms with Crippen molar-refractivity contribution in [1.29, 1.82) is 5.26 Å². The molecule has 98 valence electrons. The Morgan fingerprint density at radius 2 is 2.12 bits per heavy atom. The van der Waals surface area contributed by atoms with Crippen LogP contribution < -0.4 is 0 Å². The summed E-state index contributed by atoms with van der Waals surface area (Å²) in [5.41, 5.74) is 0. The molecule has 0 heterocycles. The van der Waals surface area contributed by atoms with Crippen LogP contribution in [0.3, 0.4) is 0 Å². The molecule has 0 aromatic rings. The second kappa shape index (κ2) is 8.00. The zero-order valence-corrected chi connectivity index (χ0v) is 10.7. The molecule has 0 amide bonds. The standard InChI is InChI=1S/C9H16N2O5S/c1-3-16-9(12)8-11(5-6-15-2)17(13,14)7-4-10/h3,5-8H2,1-2H3. The van der Waals surface area contributed by atoms with Crippen LogP contribution in [0.4, 0.5) is 0 Å². The van der Waals surface area contributed by atoms with Gasteiger partial charge in [0.05, 0.1) is 19.3 Å². The topological polar surface area (TPSA) is 96.7 Å². The molecule has 8 heteroatoms. The minimum Gasteiger partial charge on any atom is -0.465 e. The maximum Gasteiger partial charge on any atom is 0.321 e. The first-order valence-electron chi connectivity index (χ1n) is 4.97. The molecule has 0 atom stereocenters. The fourth-order valence-corrected chi connectivity index (χ4v) is 2.03. The number of rotatable bonds is 8. The van der Waals surface area contributed by atoms with Crippen molar-refractivity contribution in [2.45, 2.75) is 6.92 Å². The van der Waals surface area contributed by atoms with E-state index < -0.39 is 28.3 Å². The van der Waals surface area contributed by atoms with E-state index in [0.717, 1.165) is 4.31 Å². The number of hydrogen-bond acceptors (Lipinski definition) is 6. The number of carbonyl (C=O) groups is 1. The zero-order chi connectivity index (χ0) is 13.3. The van der Waals surface area contributed by atoms with E-state index in [1.54, 1.807) is 13.0 Å². The predicted octanol–water partition coefficient (Wildman–Crippen LogP) is -0.649. The molecule has 0 aliphatic carbocycles. The molecule has 7 nitrogen and oxygen atoms in total. The van der Waals surface area contributed by atoms with Crippen LogP contribution in [0.25, 0.3) is 0 Å². The fraction of sp³-hybridized carbons (Fsp3) is 0.778. The van der Waals surface area contributed by atoms with Gasteiger partial charge in [0.2, 0.25) is 10.0 Å². The quantitative estimate of drug-likeness (QED) is 0.540. The van der Waals surface area contributed by atoms with Crippen molar-refractivity contribution in [2.75, 3.05) is 39.2 Å². The Kier molecular flexibility index (Phi) is 7.45. The minimum absolute atomic E-state index is 0.0132. The normalized spacial score (nSPS) is 11.2. The van der Waals surface area contributed by atoms with Gasteiger partial charge in [-0.3, -0.25) is 4.79 Å². The second-order valence-electron chi connectivity index (χ2n) is 3.05. The summed E-state index contributed by atoms with van der Waals surface area (Å²) < 4.78 is 33.5. The molecular formula is C9H16N2O5S. The Hall–Kier alpha value is -1.17. The van der Waals surface area contributed by atoms with Crippen molar-refractivity contribution in [3.8, 4) is 6.07 Å². The average Bonchev–Trinajstić information content (AvgIpc) is 2.24. The maximum absolute atomic E-state index is 11.6. The van der Waals surface area contributed by atoms with Gasteiger partial charge < -0.3 is 9.47 Å². The van der Waals surface area contributed by atoms with Crippen LogP contribution in [0.1, 0.15) is 6.92 Å². The highest BCUT2D eigenvalue weighted by Gasteiger charge is 2.24. The second-order valence-corrected chi connectivity index (χ2v) is 5.01. The lowest BCUT2D eigenvalue weighted by atomic mass is 10.6. The maximum atomic E-state index is 11.6. The first-order valence-corrected chi connectivity index (χ1v) is 6.58. The van der Waals surface area contributed by atoms with Crippen molar-refractivity contribution in [2.24, 2.45) is 0 Å². The number of nitrogens with zero attached hydrogens (tertiary/aromatic N) is 2. The molecule has 0 radical (unpaired) electrons. The van der Waals surface area contributed by atoms with E-state index in [4.69, 9.17) is 10.00 Å². The molecule has 0 saturated heterocycles. The van der Waals surface area contributed by atoms with Crippen LogP contribution in [0.15, 0.2) is 0 Å². The van der Waals surface area contributed by atoms with Crippen LogP contribution in [-0.4, -0.2) is 57.9 Å². The third kappa shape index (κ3) is 6.21. The van der Waals surface area contributed by atoms with E-state index in [0.29, 0.717) is 0 Å². The highest BCUT2D eigenvalue weighted by atomic mass is 32.2. The van der Waals surface area contributed by atoms with Crippen LogP contribution in [0, 0.1) is 11.3 Å². The van der Waals surface area contributed by atoms with Crippen molar-refractivity contribution in [3.05, 3.63) is 0 Å². The number of esters is 1. The van der Waals surface area contributed by atoms with E-state index >= 15 is 0 Å². The monoisotopic (exact) mass is 264 g/mol. The third-order valence-electron chi connectivity index (χ3n) is 1.80. The van der Waals surface area contributed by atoms with E-state index in [-0.39, 0.29) is 19.8 Å². The highest BCUT2D eigenvalue weighted by Crippen LogP contribution is 2.01. The Bertz CT molecular complexity index is 373. The molecule has 0 spiro atoms. The third-order valence-corrected chi connectivity index (χ3v) is 3.39. The Morgan fingerprint density at radius 3 is 2.59 bits per heavy atom. The van der Waals surface area contributed by atoms with Crippen molar-refractivity contribution >= 4 is 16.0 Å². The van der Waals surface area contributed by atoms with Gasteiger partial charge in [-0.2, -0.15) is 9.57 Å². The lowest BCUT2D eigenvalue weighted by Crippen LogP contribution is -2.39. The molecule has 0 aromatic heterocycles. The first kappa shape index (κ1) is 15.8. The van der Waals surface area contributed by atoms with Crippen molar-refractivity contribution in [3.63, 3.8) is 0 Å². The van der Waals surface area contributed by atoms with E-state index in [9.17, 15) is 13.2 Å². The average molecular weight is 264 g/mol. The summed E-state index contributed by atoms with van der Waals surface area (Å²) in [5, 5.41) is 8.41. The number of carbonyl (C=O) groups excluding carboxylic acids is 1. The number of sulfonamides is 1. The molecular weight excluding hydrogens is 248 g/mol. The predicted molar refractivity (Wildman–Crippen MR) is 59.5 cm³/mol. The van der Waals surface area contributed by atoms with Gasteiger partial charge in [-0.1, -0.05) is 0 Å². The van der Waals surface area contributed by atoms with Gasteiger partial charge in [0, 0.05) is 13.7 Å². The summed E-state index contributed by atoms with van der Waals surface area (Å²) in [7, 11) is -2.35. The molecule has 0 saturated carbocycles. The summed E-state index contributed by atoms with van der Waals surface area (Å²) in [6.07, 6.45) is 0. The van der Waals surface area contributed by atoms with E-state index in [1.165, 1.54) is 7.11 Å². The summed E-state index contributed by atoms with van der Waals surface area (Å²) in [5.74, 6) is -1.32. The summed E-state index contributed by atoms with van der Waals surface area (Å²) >= 11 is 0. The largest absolute Gasteiger partial charge is 0.465 e. The lowest BCUT2D eigenvalue weighted by molar-refractivity contribution is -0.143. The van der Waals surface area contributed by atoms with Crippen LogP contribution in [0.2, 0.25) is 0 Å². The van der Waals surface area contributed by atoms with Crippen LogP contribution in [0.5, 0.6) is 0 Å².